The van der Waals surface area contributed by atoms with Crippen molar-refractivity contribution in [3.63, 3.8) is 0 Å². The normalized spacial score (nSPS) is 19.4. The zero-order valence-electron chi connectivity index (χ0n) is 9.32. The summed E-state index contributed by atoms with van der Waals surface area (Å²) in [4.78, 5) is 20.0. The monoisotopic (exact) mass is 232 g/mol. The first-order valence-corrected chi connectivity index (χ1v) is 5.43. The van der Waals surface area contributed by atoms with Crippen molar-refractivity contribution < 1.29 is 19.8 Å². The lowest BCUT2D eigenvalue weighted by Crippen LogP contribution is -2.34. The molecule has 0 aromatic heterocycles. The number of nitrogens with two attached hydrogens (primary N) is 1. The topological polar surface area (TPSA) is 113 Å². The second-order valence-electron chi connectivity index (χ2n) is 3.67. The third-order valence-electron chi connectivity index (χ3n) is 2.24. The summed E-state index contributed by atoms with van der Waals surface area (Å²) in [6.45, 7) is 2.09. The molecular formula is C10H20N2O4. The summed E-state index contributed by atoms with van der Waals surface area (Å²) in [7, 11) is 0. The lowest BCUT2D eigenvalue weighted by atomic mass is 10.0. The van der Waals surface area contributed by atoms with Crippen LogP contribution in [0, 0.1) is 5.92 Å². The molecule has 1 heterocycles. The molecule has 1 fully saturated rings. The van der Waals surface area contributed by atoms with Crippen LogP contribution in [0.2, 0.25) is 0 Å². The van der Waals surface area contributed by atoms with Gasteiger partial charge in [-0.05, 0) is 32.4 Å². The van der Waals surface area contributed by atoms with Crippen LogP contribution in [0.15, 0.2) is 0 Å². The van der Waals surface area contributed by atoms with E-state index in [4.69, 9.17) is 15.9 Å². The molecule has 0 bridgehead atoms. The fourth-order valence-electron chi connectivity index (χ4n) is 1.32. The first kappa shape index (κ1) is 14.9. The van der Waals surface area contributed by atoms with Crippen LogP contribution in [0.4, 0.5) is 0 Å². The van der Waals surface area contributed by atoms with Gasteiger partial charge in [0, 0.05) is 13.0 Å². The Balaban J connectivity index is 0.000000293. The fraction of sp³-hybridized carbons (Fsp3) is 0.800. The Morgan fingerprint density at radius 3 is 2.31 bits per heavy atom. The van der Waals surface area contributed by atoms with Crippen molar-refractivity contribution in [3.05, 3.63) is 0 Å². The maximum absolute atomic E-state index is 10.3. The summed E-state index contributed by atoms with van der Waals surface area (Å²) in [6.07, 6.45) is 2.60. The van der Waals surface area contributed by atoms with Gasteiger partial charge in [-0.3, -0.25) is 9.59 Å². The maximum atomic E-state index is 10.3. The molecule has 1 aliphatic heterocycles. The summed E-state index contributed by atoms with van der Waals surface area (Å²) >= 11 is 0. The molecule has 1 atom stereocenters. The molecule has 1 aliphatic rings. The fourth-order valence-corrected chi connectivity index (χ4v) is 1.32. The van der Waals surface area contributed by atoms with E-state index < -0.39 is 11.9 Å². The number of carbonyl (C=O) groups is 2. The number of carboxylic acids is 2. The maximum Gasteiger partial charge on any atom is 0.307 e. The first-order chi connectivity index (χ1) is 7.57. The second-order valence-corrected chi connectivity index (χ2v) is 3.67. The van der Waals surface area contributed by atoms with E-state index in [2.05, 4.69) is 5.32 Å². The molecule has 0 aromatic rings. The third-order valence-corrected chi connectivity index (χ3v) is 2.24. The summed E-state index contributed by atoms with van der Waals surface area (Å²) < 4.78 is 0. The average molecular weight is 232 g/mol. The van der Waals surface area contributed by atoms with Gasteiger partial charge in [-0.1, -0.05) is 0 Å². The molecule has 0 aliphatic carbocycles. The van der Waals surface area contributed by atoms with Crippen LogP contribution < -0.4 is 11.1 Å². The van der Waals surface area contributed by atoms with Crippen molar-refractivity contribution >= 4 is 11.9 Å². The molecule has 1 unspecified atom stereocenters. The minimum absolute atomic E-state index is 0.140. The summed E-state index contributed by atoms with van der Waals surface area (Å²) in [5, 5.41) is 19.5. The number of piperidine rings is 1. The van der Waals surface area contributed by atoms with Gasteiger partial charge >= 0.3 is 11.9 Å². The van der Waals surface area contributed by atoms with E-state index in [-0.39, 0.29) is 12.3 Å². The van der Waals surface area contributed by atoms with E-state index in [1.165, 1.54) is 0 Å². The molecule has 0 saturated carbocycles. The van der Waals surface area contributed by atoms with Crippen LogP contribution in [0.3, 0.4) is 0 Å². The Bertz CT molecular complexity index is 215. The number of aliphatic carboxylic acids is 2. The lowest BCUT2D eigenvalue weighted by Gasteiger charge is -2.18. The molecule has 5 N–H and O–H groups in total. The SMILES string of the molecule is NCCCC(=O)O.O=C(O)C1CCCNC1. The minimum Gasteiger partial charge on any atom is -0.481 e. The molecular weight excluding hydrogens is 212 g/mol. The molecule has 1 saturated heterocycles. The largest absolute Gasteiger partial charge is 0.481 e. The molecule has 6 nitrogen and oxygen atoms in total. The Labute approximate surface area is 94.8 Å². The van der Waals surface area contributed by atoms with Crippen LogP contribution >= 0.6 is 0 Å². The van der Waals surface area contributed by atoms with Crippen LogP contribution in [0.25, 0.3) is 0 Å². The number of nitrogens with one attached hydrogen (secondary N) is 1. The Morgan fingerprint density at radius 2 is 2.06 bits per heavy atom. The Morgan fingerprint density at radius 1 is 1.38 bits per heavy atom. The Kier molecular flexibility index (Phi) is 8.46. The van der Waals surface area contributed by atoms with Gasteiger partial charge in [-0.2, -0.15) is 0 Å². The molecule has 6 heteroatoms. The number of rotatable bonds is 4. The summed E-state index contributed by atoms with van der Waals surface area (Å²) in [5.41, 5.74) is 5.01. The van der Waals surface area contributed by atoms with Gasteiger partial charge in [0.15, 0.2) is 0 Å². The molecule has 94 valence electrons. The van der Waals surface area contributed by atoms with Crippen molar-refractivity contribution in [2.75, 3.05) is 19.6 Å². The number of hydrogen-bond acceptors (Lipinski definition) is 4. The van der Waals surface area contributed by atoms with E-state index in [1.54, 1.807) is 0 Å². The molecule has 0 aromatic carbocycles. The van der Waals surface area contributed by atoms with Crippen molar-refractivity contribution in [2.24, 2.45) is 11.7 Å². The predicted molar refractivity (Wildman–Crippen MR) is 59.2 cm³/mol. The van der Waals surface area contributed by atoms with E-state index in [1.807, 2.05) is 0 Å². The zero-order chi connectivity index (χ0) is 12.4. The van der Waals surface area contributed by atoms with Crippen LogP contribution in [0.5, 0.6) is 0 Å². The quantitative estimate of drug-likeness (QED) is 0.537. The van der Waals surface area contributed by atoms with Gasteiger partial charge < -0.3 is 21.3 Å². The molecule has 0 radical (unpaired) electrons. The van der Waals surface area contributed by atoms with E-state index in [9.17, 15) is 9.59 Å². The Hall–Kier alpha value is -1.14. The van der Waals surface area contributed by atoms with Crippen LogP contribution in [-0.4, -0.2) is 41.8 Å². The molecule has 16 heavy (non-hydrogen) atoms. The highest BCUT2D eigenvalue weighted by Gasteiger charge is 2.18. The van der Waals surface area contributed by atoms with Gasteiger partial charge in [0.2, 0.25) is 0 Å². The van der Waals surface area contributed by atoms with E-state index >= 15 is 0 Å². The third kappa shape index (κ3) is 8.19. The van der Waals surface area contributed by atoms with Gasteiger partial charge in [0.05, 0.1) is 5.92 Å². The molecule has 1 rings (SSSR count). The number of carboxylic acid groups (broad SMARTS) is 2. The summed E-state index contributed by atoms with van der Waals surface area (Å²) in [6, 6.07) is 0. The van der Waals surface area contributed by atoms with Gasteiger partial charge in [0.25, 0.3) is 0 Å². The summed E-state index contributed by atoms with van der Waals surface area (Å²) in [5.74, 6) is -1.58. The standard InChI is InChI=1S/C6H11NO2.C4H9NO2/c8-6(9)5-2-1-3-7-4-5;5-3-1-2-4(6)7/h5,7H,1-4H2,(H,8,9);1-3,5H2,(H,6,7). The zero-order valence-corrected chi connectivity index (χ0v) is 9.32. The van der Waals surface area contributed by atoms with E-state index in [0.717, 1.165) is 19.4 Å². The highest BCUT2D eigenvalue weighted by atomic mass is 16.4. The predicted octanol–water partition coefficient (Wildman–Crippen LogP) is -0.119. The van der Waals surface area contributed by atoms with Gasteiger partial charge in [-0.25, -0.2) is 0 Å². The van der Waals surface area contributed by atoms with Crippen molar-refractivity contribution in [1.29, 1.82) is 0 Å². The van der Waals surface area contributed by atoms with Gasteiger partial charge in [-0.15, -0.1) is 0 Å². The van der Waals surface area contributed by atoms with Crippen molar-refractivity contribution in [3.8, 4) is 0 Å². The smallest absolute Gasteiger partial charge is 0.307 e. The highest BCUT2D eigenvalue weighted by molar-refractivity contribution is 5.70. The van der Waals surface area contributed by atoms with E-state index in [0.29, 0.717) is 19.5 Å². The first-order valence-electron chi connectivity index (χ1n) is 5.43. The molecule has 0 amide bonds. The lowest BCUT2D eigenvalue weighted by molar-refractivity contribution is -0.142. The van der Waals surface area contributed by atoms with Crippen molar-refractivity contribution in [2.45, 2.75) is 25.7 Å². The highest BCUT2D eigenvalue weighted by Crippen LogP contribution is 2.08. The van der Waals surface area contributed by atoms with Crippen molar-refractivity contribution in [1.82, 2.24) is 5.32 Å². The number of hydrogen-bond donors (Lipinski definition) is 4. The minimum atomic E-state index is -0.773. The van der Waals surface area contributed by atoms with Gasteiger partial charge in [0.1, 0.15) is 0 Å². The molecule has 0 spiro atoms. The second kappa shape index (κ2) is 9.11. The average Bonchev–Trinajstić information content (AvgIpc) is 2.28. The van der Waals surface area contributed by atoms with Crippen LogP contribution in [0.1, 0.15) is 25.7 Å². The van der Waals surface area contributed by atoms with Crippen LogP contribution in [-0.2, 0) is 9.59 Å².